The average molecular weight is 1260 g/mol. The maximum atomic E-state index is 13.0. The lowest BCUT2D eigenvalue weighted by atomic mass is 10.0. The summed E-state index contributed by atoms with van der Waals surface area (Å²) in [6.07, 6.45) is 42.0. The number of esters is 4. The zero-order valence-electron chi connectivity index (χ0n) is 54.9. The van der Waals surface area contributed by atoms with Crippen LogP contribution in [0.4, 0.5) is 0 Å². The van der Waals surface area contributed by atoms with E-state index in [9.17, 15) is 43.2 Å². The Labute approximate surface area is 517 Å². The van der Waals surface area contributed by atoms with Gasteiger partial charge in [-0.2, -0.15) is 0 Å². The van der Waals surface area contributed by atoms with Gasteiger partial charge in [0.15, 0.2) is 12.2 Å². The summed E-state index contributed by atoms with van der Waals surface area (Å²) >= 11 is 0. The summed E-state index contributed by atoms with van der Waals surface area (Å²) in [5, 5.41) is 10.5. The molecule has 0 fully saturated rings. The number of aliphatic hydroxyl groups is 1. The van der Waals surface area contributed by atoms with Crippen LogP contribution >= 0.6 is 15.6 Å². The number of hydrogen-bond donors (Lipinski definition) is 3. The van der Waals surface area contributed by atoms with Crippen molar-refractivity contribution >= 4 is 39.5 Å². The van der Waals surface area contributed by atoms with Crippen LogP contribution in [0.25, 0.3) is 0 Å². The number of carbonyl (C=O) groups is 4. The first-order valence-electron chi connectivity index (χ1n) is 34.5. The molecule has 504 valence electrons. The van der Waals surface area contributed by atoms with Crippen LogP contribution in [-0.2, 0) is 65.4 Å². The van der Waals surface area contributed by atoms with Crippen molar-refractivity contribution in [3.63, 3.8) is 0 Å². The Balaban J connectivity index is 5.19. The van der Waals surface area contributed by atoms with Crippen LogP contribution in [0, 0.1) is 11.8 Å². The molecule has 0 aromatic heterocycles. The van der Waals surface area contributed by atoms with E-state index in [4.69, 9.17) is 37.0 Å². The van der Waals surface area contributed by atoms with E-state index < -0.39 is 97.5 Å². The first-order chi connectivity index (χ1) is 40.9. The molecule has 17 nitrogen and oxygen atoms in total. The second-order valence-corrected chi connectivity index (χ2v) is 27.7. The van der Waals surface area contributed by atoms with Crippen LogP contribution in [0.5, 0.6) is 0 Å². The molecule has 0 radical (unpaired) electrons. The fraction of sp³-hybridized carbons (Fsp3) is 0.939. The van der Waals surface area contributed by atoms with E-state index in [1.807, 2.05) is 0 Å². The summed E-state index contributed by atoms with van der Waals surface area (Å²) in [6, 6.07) is 0. The molecule has 19 heteroatoms. The van der Waals surface area contributed by atoms with Gasteiger partial charge in [0.1, 0.15) is 19.3 Å². The summed E-state index contributed by atoms with van der Waals surface area (Å²) in [5.41, 5.74) is 0. The predicted octanol–water partition coefficient (Wildman–Crippen LogP) is 18.4. The standard InChI is InChI=1S/C66H128O17P2/c1-7-9-11-13-15-17-18-19-20-21-22-23-24-25-31-38-44-50-65(70)82-61(54-77-64(69)49-43-37-30-27-26-28-34-40-46-58(3)4)56-80-84(72,73)78-52-60(67)53-79-85(74,75)81-57-62(55-76-63(68)48-42-36-29-16-14-12-10-8-2)83-66(71)51-45-39-33-32-35-41-47-59(5)6/h58-62,67H,7-57H2,1-6H3,(H,72,73)(H,74,75)/t60-,61-,62-/m1/s1. The molecule has 0 aliphatic rings. The summed E-state index contributed by atoms with van der Waals surface area (Å²) in [4.78, 5) is 72.2. The molecule has 0 aliphatic heterocycles. The van der Waals surface area contributed by atoms with E-state index in [1.165, 1.54) is 141 Å². The third kappa shape index (κ3) is 60.7. The largest absolute Gasteiger partial charge is 0.472 e. The van der Waals surface area contributed by atoms with Crippen molar-refractivity contribution in [3.05, 3.63) is 0 Å². The van der Waals surface area contributed by atoms with Gasteiger partial charge in [-0.1, -0.05) is 279 Å². The lowest BCUT2D eigenvalue weighted by molar-refractivity contribution is -0.161. The van der Waals surface area contributed by atoms with Crippen molar-refractivity contribution in [2.45, 2.75) is 349 Å². The number of aliphatic hydroxyl groups excluding tert-OH is 1. The zero-order chi connectivity index (χ0) is 62.9. The minimum absolute atomic E-state index is 0.102. The van der Waals surface area contributed by atoms with Crippen LogP contribution < -0.4 is 0 Å². The Morgan fingerprint density at radius 2 is 0.541 bits per heavy atom. The van der Waals surface area contributed by atoms with Gasteiger partial charge in [0.25, 0.3) is 0 Å². The Kier molecular flexibility index (Phi) is 57.1. The Morgan fingerprint density at radius 1 is 0.318 bits per heavy atom. The molecule has 0 aliphatic carbocycles. The number of unbranched alkanes of at least 4 members (excludes halogenated alkanes) is 35. The molecule has 0 aromatic rings. The summed E-state index contributed by atoms with van der Waals surface area (Å²) in [7, 11) is -9.89. The van der Waals surface area contributed by atoms with Gasteiger partial charge in [-0.25, -0.2) is 9.13 Å². The van der Waals surface area contributed by atoms with Crippen molar-refractivity contribution in [1.29, 1.82) is 0 Å². The minimum atomic E-state index is -4.95. The van der Waals surface area contributed by atoms with Gasteiger partial charge in [-0.3, -0.25) is 37.3 Å². The lowest BCUT2D eigenvalue weighted by Gasteiger charge is -2.21. The Bertz CT molecular complexity index is 1670. The maximum Gasteiger partial charge on any atom is 0.472 e. The number of hydrogen-bond acceptors (Lipinski definition) is 15. The zero-order valence-corrected chi connectivity index (χ0v) is 56.7. The van der Waals surface area contributed by atoms with Crippen molar-refractivity contribution < 1.29 is 80.2 Å². The third-order valence-electron chi connectivity index (χ3n) is 15.2. The first kappa shape index (κ1) is 83.1. The first-order valence-corrected chi connectivity index (χ1v) is 37.5. The molecular formula is C66H128O17P2. The molecule has 0 spiro atoms. The smallest absolute Gasteiger partial charge is 0.462 e. The van der Waals surface area contributed by atoms with Gasteiger partial charge in [0.2, 0.25) is 0 Å². The topological polar surface area (TPSA) is 237 Å². The summed E-state index contributed by atoms with van der Waals surface area (Å²) in [6.45, 7) is 9.36. The summed E-state index contributed by atoms with van der Waals surface area (Å²) < 4.78 is 68.0. The molecule has 0 heterocycles. The third-order valence-corrected chi connectivity index (χ3v) is 17.1. The van der Waals surface area contributed by atoms with Crippen molar-refractivity contribution in [3.8, 4) is 0 Å². The Morgan fingerprint density at radius 3 is 0.800 bits per heavy atom. The number of phosphoric ester groups is 2. The normalized spacial score (nSPS) is 14.2. The molecule has 3 N–H and O–H groups in total. The van der Waals surface area contributed by atoms with Crippen molar-refractivity contribution in [2.24, 2.45) is 11.8 Å². The van der Waals surface area contributed by atoms with Crippen LogP contribution in [0.1, 0.15) is 330 Å². The van der Waals surface area contributed by atoms with Crippen molar-refractivity contribution in [1.82, 2.24) is 0 Å². The van der Waals surface area contributed by atoms with Crippen LogP contribution in [0.15, 0.2) is 0 Å². The van der Waals surface area contributed by atoms with E-state index in [1.54, 1.807) is 0 Å². The number of rotatable bonds is 65. The van der Waals surface area contributed by atoms with E-state index in [0.29, 0.717) is 31.6 Å². The van der Waals surface area contributed by atoms with Crippen LogP contribution in [0.3, 0.4) is 0 Å². The molecule has 85 heavy (non-hydrogen) atoms. The maximum absolute atomic E-state index is 13.0. The summed E-state index contributed by atoms with van der Waals surface area (Å²) in [5.74, 6) is -0.741. The number of phosphoric acid groups is 2. The molecule has 0 saturated carbocycles. The monoisotopic (exact) mass is 1250 g/mol. The predicted molar refractivity (Wildman–Crippen MR) is 340 cm³/mol. The highest BCUT2D eigenvalue weighted by atomic mass is 31.2. The molecule has 0 rings (SSSR count). The van der Waals surface area contributed by atoms with E-state index in [0.717, 1.165) is 102 Å². The van der Waals surface area contributed by atoms with Gasteiger partial charge in [-0.15, -0.1) is 0 Å². The molecule has 0 bridgehead atoms. The highest BCUT2D eigenvalue weighted by molar-refractivity contribution is 7.47. The minimum Gasteiger partial charge on any atom is -0.462 e. The quantitative estimate of drug-likeness (QED) is 0.0222. The van der Waals surface area contributed by atoms with Crippen molar-refractivity contribution in [2.75, 3.05) is 39.6 Å². The van der Waals surface area contributed by atoms with Crippen LogP contribution in [-0.4, -0.2) is 96.7 Å². The molecule has 0 aromatic carbocycles. The second-order valence-electron chi connectivity index (χ2n) is 24.8. The van der Waals surface area contributed by atoms with E-state index >= 15 is 0 Å². The molecule has 2 unspecified atom stereocenters. The van der Waals surface area contributed by atoms with Crippen LogP contribution in [0.2, 0.25) is 0 Å². The molecule has 5 atom stereocenters. The highest BCUT2D eigenvalue weighted by Gasteiger charge is 2.30. The fourth-order valence-electron chi connectivity index (χ4n) is 9.88. The SMILES string of the molecule is CCCCCCCCCCCCCCCCCCCC(=O)O[C@H](COC(=O)CCCCCCCCCCC(C)C)COP(=O)(O)OC[C@@H](O)COP(=O)(O)OC[C@@H](COC(=O)CCCCCCCCCC)OC(=O)CCCCCCCCC(C)C. The number of carbonyl (C=O) groups excluding carboxylic acids is 4. The van der Waals surface area contributed by atoms with E-state index in [-0.39, 0.29) is 25.7 Å². The molecular weight excluding hydrogens is 1130 g/mol. The highest BCUT2D eigenvalue weighted by Crippen LogP contribution is 2.45. The second kappa shape index (κ2) is 58.4. The molecule has 0 amide bonds. The van der Waals surface area contributed by atoms with Gasteiger partial charge < -0.3 is 33.8 Å². The van der Waals surface area contributed by atoms with E-state index in [2.05, 4.69) is 41.5 Å². The fourth-order valence-corrected chi connectivity index (χ4v) is 11.5. The Hall–Kier alpha value is -1.94. The van der Waals surface area contributed by atoms with Gasteiger partial charge >= 0.3 is 39.5 Å². The van der Waals surface area contributed by atoms with Gasteiger partial charge in [0.05, 0.1) is 26.4 Å². The average Bonchev–Trinajstić information content (AvgIpc) is 3.57. The van der Waals surface area contributed by atoms with Gasteiger partial charge in [-0.05, 0) is 37.5 Å². The van der Waals surface area contributed by atoms with Gasteiger partial charge in [0, 0.05) is 25.7 Å². The molecule has 0 saturated heterocycles. The lowest BCUT2D eigenvalue weighted by Crippen LogP contribution is -2.30. The number of ether oxygens (including phenoxy) is 4.